The van der Waals surface area contributed by atoms with Crippen molar-refractivity contribution in [3.63, 3.8) is 0 Å². The molecule has 0 rings (SSSR count). The molecule has 0 heterocycles. The molecule has 0 spiro atoms. The molecule has 0 fully saturated rings. The molecular weight excluding hydrogens is 536 g/mol. The second-order valence-electron chi connectivity index (χ2n) is 5.38. The van der Waals surface area contributed by atoms with E-state index in [9.17, 15) is 0 Å². The Balaban J connectivity index is 5.89. The van der Waals surface area contributed by atoms with E-state index in [1.165, 1.54) is 0 Å². The molecule has 0 atom stereocenters. The zero-order valence-corrected chi connectivity index (χ0v) is 23.7. The van der Waals surface area contributed by atoms with Gasteiger partial charge in [0.15, 0.2) is 0 Å². The molecule has 0 aromatic carbocycles. The first-order valence-corrected chi connectivity index (χ1v) is 19.8. The van der Waals surface area contributed by atoms with Gasteiger partial charge in [0, 0.05) is 0 Å². The Morgan fingerprint density at radius 3 is 0.760 bits per heavy atom. The van der Waals surface area contributed by atoms with Crippen molar-refractivity contribution in [1.82, 2.24) is 19.6 Å². The number of hydrogen-bond acceptors (Lipinski definition) is 8. The molecule has 0 aliphatic heterocycles. The standard InChI is InChI=1S/C12H24N4S8Se/c1-13(2)9(17)21-25(22-10(18)14(3)4,23-11(19)15(5)6)24-12(20)16(7)8/h1-8H3. The van der Waals surface area contributed by atoms with Crippen molar-refractivity contribution < 1.29 is 0 Å². The van der Waals surface area contributed by atoms with Gasteiger partial charge in [0.05, 0.1) is 0 Å². The number of hydrogen-bond donors (Lipinski definition) is 0. The molecule has 0 saturated heterocycles. The summed E-state index contributed by atoms with van der Waals surface area (Å²) in [6.07, 6.45) is 0. The molecule has 0 aromatic rings. The molecule has 13 heteroatoms. The molecule has 146 valence electrons. The average molecular weight is 560 g/mol. The zero-order chi connectivity index (χ0) is 19.9. The van der Waals surface area contributed by atoms with E-state index in [-0.39, 0.29) is 0 Å². The summed E-state index contributed by atoms with van der Waals surface area (Å²) in [4.78, 5) is 7.79. The molecule has 0 aliphatic rings. The summed E-state index contributed by atoms with van der Waals surface area (Å²) in [5, 5.41) is 0. The predicted octanol–water partition coefficient (Wildman–Crippen LogP) is 3.74. The Bertz CT molecular complexity index is 430. The molecule has 0 aromatic heterocycles. The Morgan fingerprint density at radius 1 is 0.480 bits per heavy atom. The normalized spacial score (nSPS) is 11.5. The van der Waals surface area contributed by atoms with Gasteiger partial charge >= 0.3 is 191 Å². The van der Waals surface area contributed by atoms with Gasteiger partial charge in [0.1, 0.15) is 0 Å². The van der Waals surface area contributed by atoms with Crippen LogP contribution in [0.25, 0.3) is 0 Å². The third kappa shape index (κ3) is 10.00. The van der Waals surface area contributed by atoms with Crippen LogP contribution in [0.15, 0.2) is 0 Å². The third-order valence-corrected chi connectivity index (χ3v) is 32.2. The van der Waals surface area contributed by atoms with Crippen LogP contribution in [-0.4, -0.2) is 102 Å². The topological polar surface area (TPSA) is 13.0 Å². The Morgan fingerprint density at radius 2 is 0.640 bits per heavy atom. The minimum atomic E-state index is -2.59. The monoisotopic (exact) mass is 560 g/mol. The van der Waals surface area contributed by atoms with Gasteiger partial charge in [-0.15, -0.1) is 0 Å². The van der Waals surface area contributed by atoms with E-state index in [1.807, 2.05) is 76.0 Å². The van der Waals surface area contributed by atoms with Crippen LogP contribution in [0.4, 0.5) is 0 Å². The first kappa shape index (κ1) is 26.5. The van der Waals surface area contributed by atoms with Gasteiger partial charge in [-0.25, -0.2) is 0 Å². The van der Waals surface area contributed by atoms with E-state index in [1.54, 1.807) is 40.7 Å². The van der Waals surface area contributed by atoms with Gasteiger partial charge in [-0.05, 0) is 0 Å². The first-order chi connectivity index (χ1) is 11.3. The fraction of sp³-hybridized carbons (Fsp3) is 0.667. The van der Waals surface area contributed by atoms with E-state index in [2.05, 4.69) is 0 Å². The van der Waals surface area contributed by atoms with E-state index < -0.39 is 8.36 Å². The second-order valence-corrected chi connectivity index (χ2v) is 33.1. The van der Waals surface area contributed by atoms with Crippen molar-refractivity contribution in [2.45, 2.75) is 0 Å². The second kappa shape index (κ2) is 12.1. The molecule has 0 aliphatic carbocycles. The molecule has 0 radical (unpaired) electrons. The summed E-state index contributed by atoms with van der Waals surface area (Å²) in [5.74, 6) is 0. The average Bonchev–Trinajstić information content (AvgIpc) is 2.46. The van der Waals surface area contributed by atoms with Gasteiger partial charge in [-0.2, -0.15) is 0 Å². The van der Waals surface area contributed by atoms with Crippen LogP contribution in [0.1, 0.15) is 0 Å². The van der Waals surface area contributed by atoms with Gasteiger partial charge in [0.25, 0.3) is 0 Å². The van der Waals surface area contributed by atoms with Gasteiger partial charge in [0.2, 0.25) is 0 Å². The molecule has 0 unspecified atom stereocenters. The van der Waals surface area contributed by atoms with Gasteiger partial charge < -0.3 is 0 Å². The predicted molar refractivity (Wildman–Crippen MR) is 141 cm³/mol. The van der Waals surface area contributed by atoms with Crippen molar-refractivity contribution in [3.8, 4) is 0 Å². The number of thiocarbonyl (C=S) groups is 4. The maximum atomic E-state index is 5.60. The molecule has 4 nitrogen and oxygen atoms in total. The van der Waals surface area contributed by atoms with Gasteiger partial charge in [-0.1, -0.05) is 0 Å². The van der Waals surface area contributed by atoms with Crippen LogP contribution in [0.5, 0.6) is 0 Å². The molecule has 0 amide bonds. The van der Waals surface area contributed by atoms with Crippen LogP contribution in [0.3, 0.4) is 0 Å². The Kier molecular flexibility index (Phi) is 12.8. The van der Waals surface area contributed by atoms with Crippen LogP contribution in [0, 0.1) is 0 Å². The fourth-order valence-corrected chi connectivity index (χ4v) is 41.3. The van der Waals surface area contributed by atoms with E-state index >= 15 is 0 Å². The third-order valence-electron chi connectivity index (χ3n) is 2.15. The van der Waals surface area contributed by atoms with E-state index in [0.717, 1.165) is 17.3 Å². The molecule has 0 bridgehead atoms. The summed E-state index contributed by atoms with van der Waals surface area (Å²) in [6.45, 7) is 0. The molecule has 0 N–H and O–H groups in total. The van der Waals surface area contributed by atoms with Crippen molar-refractivity contribution in [2.75, 3.05) is 56.4 Å². The summed E-state index contributed by atoms with van der Waals surface area (Å²) < 4.78 is 3.27. The quantitative estimate of drug-likeness (QED) is 0.368. The van der Waals surface area contributed by atoms with Crippen LogP contribution in [0.2, 0.25) is 0 Å². The maximum absolute atomic E-state index is 5.60. The van der Waals surface area contributed by atoms with Crippen molar-refractivity contribution in [2.24, 2.45) is 0 Å². The summed E-state index contributed by atoms with van der Waals surface area (Å²) in [5.41, 5.74) is 0. The summed E-state index contributed by atoms with van der Waals surface area (Å²) in [6, 6.07) is 0. The first-order valence-electron chi connectivity index (χ1n) is 6.77. The Hall–Kier alpha value is 1.48. The van der Waals surface area contributed by atoms with Crippen molar-refractivity contribution in [1.29, 1.82) is 0 Å². The minimum absolute atomic E-state index is 0.817. The molecule has 0 saturated carbocycles. The van der Waals surface area contributed by atoms with Crippen LogP contribution in [-0.2, 0) is 0 Å². The van der Waals surface area contributed by atoms with E-state index in [0.29, 0.717) is 0 Å². The van der Waals surface area contributed by atoms with Crippen LogP contribution >= 0.6 is 89.6 Å². The van der Waals surface area contributed by atoms with Crippen molar-refractivity contribution >= 4 is 115 Å². The van der Waals surface area contributed by atoms with Crippen molar-refractivity contribution in [3.05, 3.63) is 0 Å². The zero-order valence-electron chi connectivity index (χ0n) is 15.5. The fourth-order valence-electron chi connectivity index (χ4n) is 0.749. The SMILES string of the molecule is CN(C)C(=S)S[Se](SC(=S)N(C)C)(SC(=S)N(C)C)SC(=S)N(C)C. The van der Waals surface area contributed by atoms with Crippen LogP contribution < -0.4 is 0 Å². The molecular formula is C12H24N4S8Se. The Labute approximate surface area is 189 Å². The molecule has 25 heavy (non-hydrogen) atoms. The summed E-state index contributed by atoms with van der Waals surface area (Å²) in [7, 11) is 19.8. The number of rotatable bonds is 4. The van der Waals surface area contributed by atoms with Gasteiger partial charge in [-0.3, -0.25) is 0 Å². The summed E-state index contributed by atoms with van der Waals surface area (Å²) >= 11 is 22.4. The van der Waals surface area contributed by atoms with E-state index in [4.69, 9.17) is 48.9 Å². The number of nitrogens with zero attached hydrogens (tertiary/aromatic N) is 4.